The van der Waals surface area contributed by atoms with Crippen molar-refractivity contribution in [1.29, 1.82) is 5.41 Å². The highest BCUT2D eigenvalue weighted by Crippen LogP contribution is 2.35. The quantitative estimate of drug-likeness (QED) is 0.211. The van der Waals surface area contributed by atoms with Gasteiger partial charge in [-0.3, -0.25) is 4.79 Å². The minimum Gasteiger partial charge on any atom is -0.507 e. The molecule has 38 heavy (non-hydrogen) atoms. The first-order valence-electron chi connectivity index (χ1n) is 12.9. The van der Waals surface area contributed by atoms with Gasteiger partial charge in [-0.1, -0.05) is 90.0 Å². The third-order valence-electron chi connectivity index (χ3n) is 6.74. The molecule has 4 rings (SSSR count). The fourth-order valence-electron chi connectivity index (χ4n) is 4.50. The van der Waals surface area contributed by atoms with Crippen LogP contribution >= 0.6 is 0 Å². The molecule has 0 aromatic heterocycles. The Labute approximate surface area is 225 Å². The van der Waals surface area contributed by atoms with E-state index in [0.717, 1.165) is 52.7 Å². The number of carbonyl (C=O) groups excluding carboxylic acids is 1. The number of phenols is 1. The summed E-state index contributed by atoms with van der Waals surface area (Å²) in [7, 11) is 0. The molecule has 192 valence electrons. The Morgan fingerprint density at radius 3 is 2.47 bits per heavy atom. The highest BCUT2D eigenvalue weighted by Gasteiger charge is 2.15. The van der Waals surface area contributed by atoms with Crippen molar-refractivity contribution in [3.63, 3.8) is 0 Å². The van der Waals surface area contributed by atoms with Crippen molar-refractivity contribution in [2.24, 2.45) is 0 Å². The molecule has 0 radical (unpaired) electrons. The average Bonchev–Trinajstić information content (AvgIpc) is 2.94. The maximum atomic E-state index is 12.2. The maximum absolute atomic E-state index is 12.2. The van der Waals surface area contributed by atoms with Crippen LogP contribution in [-0.2, 0) is 17.8 Å². The van der Waals surface area contributed by atoms with Gasteiger partial charge in [0, 0.05) is 24.4 Å². The molecule has 0 unspecified atom stereocenters. The van der Waals surface area contributed by atoms with Crippen LogP contribution in [0.3, 0.4) is 0 Å². The third-order valence-corrected chi connectivity index (χ3v) is 6.74. The van der Waals surface area contributed by atoms with Crippen LogP contribution in [0.15, 0.2) is 108 Å². The molecule has 3 N–H and O–H groups in total. The minimum atomic E-state index is -0.114. The molecular formula is C34H34N2O2. The summed E-state index contributed by atoms with van der Waals surface area (Å²) >= 11 is 0. The highest BCUT2D eigenvalue weighted by atomic mass is 16.3. The van der Waals surface area contributed by atoms with Gasteiger partial charge in [-0.2, -0.15) is 0 Å². The molecule has 3 aromatic rings. The number of allylic oxidation sites excluding steroid dienone is 6. The monoisotopic (exact) mass is 502 g/mol. The van der Waals surface area contributed by atoms with Crippen molar-refractivity contribution in [3.8, 4) is 5.75 Å². The van der Waals surface area contributed by atoms with Gasteiger partial charge in [0.2, 0.25) is 5.91 Å². The van der Waals surface area contributed by atoms with Crippen LogP contribution in [0.5, 0.6) is 5.75 Å². The molecule has 4 heteroatoms. The molecule has 0 heterocycles. The van der Waals surface area contributed by atoms with Crippen LogP contribution in [0.2, 0.25) is 0 Å². The molecule has 1 aliphatic rings. The van der Waals surface area contributed by atoms with E-state index in [0.29, 0.717) is 6.54 Å². The Balaban J connectivity index is 1.35. The fraction of sp³-hybridized carbons (Fsp3) is 0.176. The number of hydrogen-bond donors (Lipinski definition) is 3. The van der Waals surface area contributed by atoms with Crippen LogP contribution in [-0.4, -0.2) is 17.2 Å². The summed E-state index contributed by atoms with van der Waals surface area (Å²) in [6, 6.07) is 23.8. The van der Waals surface area contributed by atoms with Crippen molar-refractivity contribution in [2.75, 3.05) is 0 Å². The van der Waals surface area contributed by atoms with Crippen molar-refractivity contribution in [3.05, 3.63) is 136 Å². The van der Waals surface area contributed by atoms with E-state index >= 15 is 0 Å². The van der Waals surface area contributed by atoms with Crippen molar-refractivity contribution in [2.45, 2.75) is 39.7 Å². The third kappa shape index (κ3) is 7.30. The summed E-state index contributed by atoms with van der Waals surface area (Å²) in [5.41, 5.74) is 9.56. The van der Waals surface area contributed by atoms with E-state index in [1.165, 1.54) is 22.9 Å². The predicted molar refractivity (Wildman–Crippen MR) is 157 cm³/mol. The van der Waals surface area contributed by atoms with Crippen LogP contribution in [0.25, 0.3) is 11.6 Å². The Kier molecular flexibility index (Phi) is 8.89. The summed E-state index contributed by atoms with van der Waals surface area (Å²) in [5.74, 6) is 0.147. The number of hydrogen-bond acceptors (Lipinski definition) is 3. The lowest BCUT2D eigenvalue weighted by Crippen LogP contribution is -2.20. The first kappa shape index (κ1) is 26.6. The van der Waals surface area contributed by atoms with E-state index in [1.807, 2.05) is 62.4 Å². The standard InChI is InChI=1S/C34H34N2O2/c1-24-6-5-7-27(18-24)16-17-34(38)36-23-28-13-10-26(11-14-28)12-15-29-19-30(25(2)22-35)21-31(20-29)32-8-3-4-9-33(32)37/h3-11,13-14,16-18,20-22,35,37H,12,15,19,23H2,1-2H3,(H,36,38)/b17-16+,30-25+,35-22?. The van der Waals surface area contributed by atoms with Gasteiger partial charge < -0.3 is 15.8 Å². The second-order valence-electron chi connectivity index (χ2n) is 9.73. The van der Waals surface area contributed by atoms with Crippen molar-refractivity contribution >= 4 is 23.8 Å². The second kappa shape index (κ2) is 12.7. The lowest BCUT2D eigenvalue weighted by molar-refractivity contribution is -0.116. The van der Waals surface area contributed by atoms with Gasteiger partial charge in [0.15, 0.2) is 0 Å². The van der Waals surface area contributed by atoms with Gasteiger partial charge in [-0.15, -0.1) is 0 Å². The van der Waals surface area contributed by atoms with Crippen LogP contribution in [0, 0.1) is 12.3 Å². The first-order chi connectivity index (χ1) is 18.4. The maximum Gasteiger partial charge on any atom is 0.244 e. The summed E-state index contributed by atoms with van der Waals surface area (Å²) in [6.07, 6.45) is 11.6. The van der Waals surface area contributed by atoms with Gasteiger partial charge in [0.05, 0.1) is 0 Å². The molecule has 4 nitrogen and oxygen atoms in total. The summed E-state index contributed by atoms with van der Waals surface area (Å²) in [4.78, 5) is 12.2. The lowest BCUT2D eigenvalue weighted by atomic mass is 9.86. The number of benzene rings is 3. The minimum absolute atomic E-state index is 0.114. The first-order valence-corrected chi connectivity index (χ1v) is 12.9. The molecule has 0 aliphatic heterocycles. The number of para-hydroxylation sites is 1. The van der Waals surface area contributed by atoms with Gasteiger partial charge in [0.25, 0.3) is 0 Å². The Morgan fingerprint density at radius 1 is 0.974 bits per heavy atom. The predicted octanol–water partition coefficient (Wildman–Crippen LogP) is 7.34. The van der Waals surface area contributed by atoms with E-state index in [1.54, 1.807) is 12.1 Å². The molecule has 0 spiro atoms. The molecule has 0 fully saturated rings. The number of nitrogens with one attached hydrogen (secondary N) is 2. The molecule has 1 amide bonds. The van der Waals surface area contributed by atoms with Crippen LogP contribution < -0.4 is 5.32 Å². The number of carbonyl (C=O) groups is 1. The van der Waals surface area contributed by atoms with Crippen LogP contribution in [0.4, 0.5) is 0 Å². The van der Waals surface area contributed by atoms with E-state index < -0.39 is 0 Å². The molecule has 0 bridgehead atoms. The van der Waals surface area contributed by atoms with E-state index in [-0.39, 0.29) is 11.7 Å². The summed E-state index contributed by atoms with van der Waals surface area (Å²) < 4.78 is 0. The van der Waals surface area contributed by atoms with Gasteiger partial charge in [-0.05, 0) is 78.7 Å². The number of phenolic OH excluding ortho intramolecular Hbond substituents is 1. The lowest BCUT2D eigenvalue weighted by Gasteiger charge is -2.19. The van der Waals surface area contributed by atoms with E-state index in [2.05, 4.69) is 41.7 Å². The topological polar surface area (TPSA) is 73.2 Å². The zero-order chi connectivity index (χ0) is 26.9. The zero-order valence-corrected chi connectivity index (χ0v) is 22.0. The Morgan fingerprint density at radius 2 is 1.74 bits per heavy atom. The van der Waals surface area contributed by atoms with E-state index in [9.17, 15) is 9.90 Å². The number of amides is 1. The number of aryl methyl sites for hydroxylation is 2. The molecule has 3 aromatic carbocycles. The summed E-state index contributed by atoms with van der Waals surface area (Å²) in [6.45, 7) is 4.47. The Hall–Kier alpha value is -4.44. The molecule has 0 saturated carbocycles. The highest BCUT2D eigenvalue weighted by molar-refractivity contribution is 5.91. The number of rotatable bonds is 9. The van der Waals surface area contributed by atoms with Gasteiger partial charge >= 0.3 is 0 Å². The molecule has 1 aliphatic carbocycles. The largest absolute Gasteiger partial charge is 0.507 e. The fourth-order valence-corrected chi connectivity index (χ4v) is 4.50. The summed E-state index contributed by atoms with van der Waals surface area (Å²) in [5, 5.41) is 21.0. The van der Waals surface area contributed by atoms with Gasteiger partial charge in [-0.25, -0.2) is 0 Å². The SMILES string of the molecule is C/C(C=N)=C1\C=C(c2ccccc2O)C=C(CCc2ccc(CNC(=O)/C=C/c3cccc(C)c3)cc2)C1. The van der Waals surface area contributed by atoms with E-state index in [4.69, 9.17) is 5.41 Å². The average molecular weight is 503 g/mol. The number of aromatic hydroxyl groups is 1. The molecular weight excluding hydrogens is 468 g/mol. The van der Waals surface area contributed by atoms with Gasteiger partial charge in [0.1, 0.15) is 5.75 Å². The molecule has 0 atom stereocenters. The molecule has 0 saturated heterocycles. The zero-order valence-electron chi connectivity index (χ0n) is 22.0. The second-order valence-corrected chi connectivity index (χ2v) is 9.73. The van der Waals surface area contributed by atoms with Crippen molar-refractivity contribution in [1.82, 2.24) is 5.32 Å². The normalized spacial score (nSPS) is 14.6. The van der Waals surface area contributed by atoms with Crippen molar-refractivity contribution < 1.29 is 9.90 Å². The Bertz CT molecular complexity index is 1440. The van der Waals surface area contributed by atoms with Crippen LogP contribution in [0.1, 0.15) is 47.6 Å². The smallest absolute Gasteiger partial charge is 0.244 e.